The first-order valence-electron chi connectivity index (χ1n) is 7.37. The Labute approximate surface area is 123 Å². The Hall–Kier alpha value is -1.38. The molecular weight excluding hydrogens is 260 g/mol. The normalized spacial score (nSPS) is 25.2. The Bertz CT molecular complexity index is 598. The van der Waals surface area contributed by atoms with E-state index in [-0.39, 0.29) is 5.22 Å². The maximum Gasteiger partial charge on any atom is 0.0718 e. The molecule has 1 atom stereocenters. The third kappa shape index (κ3) is 1.71. The average molecular weight is 277 g/mol. The molecule has 0 bridgehead atoms. The molecule has 1 nitrogen and oxygen atoms in total. The van der Waals surface area contributed by atoms with Gasteiger partial charge in [-0.2, -0.15) is 0 Å². The van der Waals surface area contributed by atoms with E-state index in [1.807, 2.05) is 0 Å². The standard InChI is InChI=1S/C18H17OSi/c20-18(11-5-6-12-19-18)17-15-9-3-1-7-13(15)14-8-2-4-10-16(14)17/h1-4,7-10,17H,5-6,11-12H2. The van der Waals surface area contributed by atoms with Crippen molar-refractivity contribution < 1.29 is 4.74 Å². The molecule has 3 radical (unpaired) electrons. The molecule has 0 saturated carbocycles. The fraction of sp³-hybridized carbons (Fsp3) is 0.333. The second-order valence-electron chi connectivity index (χ2n) is 5.80. The van der Waals surface area contributed by atoms with E-state index in [2.05, 4.69) is 58.8 Å². The highest BCUT2D eigenvalue weighted by Crippen LogP contribution is 2.51. The molecule has 0 aromatic heterocycles. The molecule has 2 heteroatoms. The number of hydrogen-bond acceptors (Lipinski definition) is 1. The largest absolute Gasteiger partial charge is 0.378 e. The molecule has 1 unspecified atom stereocenters. The molecule has 2 aliphatic rings. The van der Waals surface area contributed by atoms with E-state index in [9.17, 15) is 0 Å². The number of benzene rings is 2. The van der Waals surface area contributed by atoms with Gasteiger partial charge >= 0.3 is 0 Å². The van der Waals surface area contributed by atoms with Crippen LogP contribution in [-0.4, -0.2) is 22.1 Å². The fourth-order valence-electron chi connectivity index (χ4n) is 3.70. The van der Waals surface area contributed by atoms with E-state index in [1.165, 1.54) is 35.1 Å². The van der Waals surface area contributed by atoms with Crippen LogP contribution in [0.25, 0.3) is 11.1 Å². The fourth-order valence-corrected chi connectivity index (χ4v) is 4.29. The highest BCUT2D eigenvalue weighted by atomic mass is 28.1. The van der Waals surface area contributed by atoms with Gasteiger partial charge in [-0.05, 0) is 41.5 Å². The Morgan fingerprint density at radius 2 is 1.50 bits per heavy atom. The van der Waals surface area contributed by atoms with Crippen molar-refractivity contribution in [2.24, 2.45) is 0 Å². The first-order valence-corrected chi connectivity index (χ1v) is 7.87. The summed E-state index contributed by atoms with van der Waals surface area (Å²) in [4.78, 5) is 0. The number of rotatable bonds is 1. The molecule has 2 aromatic rings. The second kappa shape index (κ2) is 4.57. The summed E-state index contributed by atoms with van der Waals surface area (Å²) in [5.41, 5.74) is 5.51. The van der Waals surface area contributed by atoms with Crippen molar-refractivity contribution in [2.75, 3.05) is 6.61 Å². The lowest BCUT2D eigenvalue weighted by Crippen LogP contribution is -2.42. The van der Waals surface area contributed by atoms with E-state index < -0.39 is 0 Å². The van der Waals surface area contributed by atoms with Crippen LogP contribution >= 0.6 is 0 Å². The lowest BCUT2D eigenvalue weighted by molar-refractivity contribution is -0.0270. The summed E-state index contributed by atoms with van der Waals surface area (Å²) in [6, 6.07) is 17.5. The molecule has 0 spiro atoms. The summed E-state index contributed by atoms with van der Waals surface area (Å²) < 4.78 is 6.18. The van der Waals surface area contributed by atoms with Crippen LogP contribution in [0.1, 0.15) is 36.3 Å². The molecule has 99 valence electrons. The molecule has 0 amide bonds. The van der Waals surface area contributed by atoms with Crippen molar-refractivity contribution >= 4 is 10.2 Å². The zero-order valence-electron chi connectivity index (χ0n) is 11.4. The molecule has 1 saturated heterocycles. The predicted molar refractivity (Wildman–Crippen MR) is 82.0 cm³/mol. The minimum Gasteiger partial charge on any atom is -0.378 e. The van der Waals surface area contributed by atoms with E-state index >= 15 is 0 Å². The zero-order valence-corrected chi connectivity index (χ0v) is 12.4. The molecule has 1 fully saturated rings. The van der Waals surface area contributed by atoms with Gasteiger partial charge in [0.2, 0.25) is 0 Å². The summed E-state index contributed by atoms with van der Waals surface area (Å²) in [5.74, 6) is 0.298. The van der Waals surface area contributed by atoms with Crippen LogP contribution < -0.4 is 0 Å². The van der Waals surface area contributed by atoms with Gasteiger partial charge in [-0.15, -0.1) is 0 Å². The minimum absolute atomic E-state index is 0.249. The van der Waals surface area contributed by atoms with E-state index in [4.69, 9.17) is 4.74 Å². The van der Waals surface area contributed by atoms with Gasteiger partial charge in [-0.1, -0.05) is 48.5 Å². The van der Waals surface area contributed by atoms with Gasteiger partial charge in [0.05, 0.1) is 15.5 Å². The maximum absolute atomic E-state index is 6.18. The molecule has 1 heterocycles. The number of fused-ring (bicyclic) bond motifs is 3. The van der Waals surface area contributed by atoms with Crippen molar-refractivity contribution in [1.82, 2.24) is 0 Å². The van der Waals surface area contributed by atoms with Gasteiger partial charge in [-0.25, -0.2) is 0 Å². The number of hydrogen-bond donors (Lipinski definition) is 0. The smallest absolute Gasteiger partial charge is 0.0718 e. The zero-order chi connectivity index (χ0) is 13.6. The molecule has 2 aromatic carbocycles. The predicted octanol–water partition coefficient (Wildman–Crippen LogP) is 3.86. The summed E-state index contributed by atoms with van der Waals surface area (Å²) in [6.07, 6.45) is 3.46. The van der Waals surface area contributed by atoms with Crippen molar-refractivity contribution in [3.63, 3.8) is 0 Å². The van der Waals surface area contributed by atoms with Crippen LogP contribution in [0.4, 0.5) is 0 Å². The molecule has 0 N–H and O–H groups in total. The lowest BCUT2D eigenvalue weighted by Gasteiger charge is -2.40. The molecular formula is C18H17OSi. The van der Waals surface area contributed by atoms with Crippen LogP contribution in [-0.2, 0) is 4.74 Å². The van der Waals surface area contributed by atoms with Gasteiger partial charge in [0.15, 0.2) is 0 Å². The Morgan fingerprint density at radius 3 is 2.05 bits per heavy atom. The first-order chi connectivity index (χ1) is 9.80. The van der Waals surface area contributed by atoms with Crippen LogP contribution in [0, 0.1) is 0 Å². The molecule has 20 heavy (non-hydrogen) atoms. The summed E-state index contributed by atoms with van der Waals surface area (Å²) in [6.45, 7) is 0.852. The van der Waals surface area contributed by atoms with Gasteiger partial charge in [0.1, 0.15) is 0 Å². The van der Waals surface area contributed by atoms with Crippen LogP contribution in [0.15, 0.2) is 48.5 Å². The highest BCUT2D eigenvalue weighted by Gasteiger charge is 2.43. The number of ether oxygens (including phenoxy) is 1. The van der Waals surface area contributed by atoms with Gasteiger partial charge in [0.25, 0.3) is 0 Å². The average Bonchev–Trinajstić information content (AvgIpc) is 2.83. The topological polar surface area (TPSA) is 9.23 Å². The minimum atomic E-state index is -0.249. The monoisotopic (exact) mass is 277 g/mol. The Kier molecular flexibility index (Phi) is 2.83. The van der Waals surface area contributed by atoms with Crippen LogP contribution in [0.2, 0.25) is 0 Å². The Morgan fingerprint density at radius 1 is 0.900 bits per heavy atom. The molecule has 1 aliphatic carbocycles. The van der Waals surface area contributed by atoms with Crippen molar-refractivity contribution in [3.05, 3.63) is 59.7 Å². The van der Waals surface area contributed by atoms with Crippen LogP contribution in [0.3, 0.4) is 0 Å². The third-order valence-corrected chi connectivity index (χ3v) is 5.29. The van der Waals surface area contributed by atoms with E-state index in [0.717, 1.165) is 13.0 Å². The molecule has 1 aliphatic heterocycles. The van der Waals surface area contributed by atoms with Gasteiger partial charge < -0.3 is 4.74 Å². The maximum atomic E-state index is 6.18. The highest BCUT2D eigenvalue weighted by molar-refractivity contribution is 6.16. The summed E-state index contributed by atoms with van der Waals surface area (Å²) in [7, 11) is 4.00. The van der Waals surface area contributed by atoms with Crippen molar-refractivity contribution in [2.45, 2.75) is 30.4 Å². The van der Waals surface area contributed by atoms with Crippen LogP contribution in [0.5, 0.6) is 0 Å². The second-order valence-corrected chi connectivity index (χ2v) is 6.65. The lowest BCUT2D eigenvalue weighted by atomic mass is 9.86. The first kappa shape index (κ1) is 12.4. The Balaban J connectivity index is 1.91. The summed E-state index contributed by atoms with van der Waals surface area (Å²) in [5, 5.41) is -0.249. The summed E-state index contributed by atoms with van der Waals surface area (Å²) >= 11 is 0. The van der Waals surface area contributed by atoms with Crippen molar-refractivity contribution in [3.8, 4) is 11.1 Å². The van der Waals surface area contributed by atoms with E-state index in [0.29, 0.717) is 5.92 Å². The van der Waals surface area contributed by atoms with Crippen molar-refractivity contribution in [1.29, 1.82) is 0 Å². The quantitative estimate of drug-likeness (QED) is 0.719. The SMILES string of the molecule is [Si]C1(C2c3ccccc3-c3ccccc32)CCCCO1. The van der Waals surface area contributed by atoms with Gasteiger partial charge in [0, 0.05) is 12.5 Å². The molecule has 4 rings (SSSR count). The third-order valence-electron chi connectivity index (χ3n) is 4.60. The van der Waals surface area contributed by atoms with Gasteiger partial charge in [-0.3, -0.25) is 0 Å². The van der Waals surface area contributed by atoms with E-state index in [1.54, 1.807) is 0 Å².